The second-order valence-corrected chi connectivity index (χ2v) is 9.29. The second kappa shape index (κ2) is 11.9. The van der Waals surface area contributed by atoms with E-state index in [9.17, 15) is 4.79 Å². The third-order valence-electron chi connectivity index (χ3n) is 3.66. The zero-order valence-corrected chi connectivity index (χ0v) is 20.3. The molecule has 1 aromatic rings. The molecular formula is C17H30IN5O2S2. The summed E-state index contributed by atoms with van der Waals surface area (Å²) in [6.45, 7) is 8.08. The predicted molar refractivity (Wildman–Crippen MR) is 124 cm³/mol. The summed E-state index contributed by atoms with van der Waals surface area (Å²) in [6.07, 6.45) is 3.41. The summed E-state index contributed by atoms with van der Waals surface area (Å²) in [5, 5.41) is 8.34. The summed E-state index contributed by atoms with van der Waals surface area (Å²) in [7, 11) is 1.79. The molecule has 1 aliphatic heterocycles. The Morgan fingerprint density at radius 1 is 1.52 bits per heavy atom. The third kappa shape index (κ3) is 9.33. The van der Waals surface area contributed by atoms with Gasteiger partial charge in [0.25, 0.3) is 0 Å². The molecule has 0 radical (unpaired) electrons. The molecule has 1 aliphatic rings. The van der Waals surface area contributed by atoms with E-state index in [-0.39, 0.29) is 36.1 Å². The molecule has 1 fully saturated rings. The largest absolute Gasteiger partial charge is 0.444 e. The highest BCUT2D eigenvalue weighted by atomic mass is 127. The fourth-order valence-corrected chi connectivity index (χ4v) is 4.24. The number of likely N-dealkylation sites (tertiary alicyclic amines) is 1. The first-order valence-corrected chi connectivity index (χ1v) is 10.7. The van der Waals surface area contributed by atoms with Crippen LogP contribution in [-0.2, 0) is 4.74 Å². The van der Waals surface area contributed by atoms with Gasteiger partial charge in [0.1, 0.15) is 9.94 Å². The molecule has 2 rings (SSSR count). The van der Waals surface area contributed by atoms with Gasteiger partial charge in [-0.15, -0.1) is 35.3 Å². The molecule has 1 unspecified atom stereocenters. The first-order valence-electron chi connectivity index (χ1n) is 8.85. The first-order chi connectivity index (χ1) is 12.4. The van der Waals surface area contributed by atoms with Crippen molar-refractivity contribution in [1.82, 2.24) is 20.5 Å². The van der Waals surface area contributed by atoms with Gasteiger partial charge < -0.3 is 20.3 Å². The maximum absolute atomic E-state index is 11.9. The molecule has 2 N–H and O–H groups in total. The van der Waals surface area contributed by atoms with Gasteiger partial charge in [0.2, 0.25) is 0 Å². The number of aliphatic imine (C=N–C) groups is 1. The van der Waals surface area contributed by atoms with Gasteiger partial charge in [-0.05, 0) is 33.6 Å². The number of nitrogens with one attached hydrogen (secondary N) is 2. The lowest BCUT2D eigenvalue weighted by molar-refractivity contribution is 0.0507. The molecular weight excluding hydrogens is 497 g/mol. The molecule has 0 aliphatic carbocycles. The third-order valence-corrected chi connectivity index (χ3v) is 5.71. The van der Waals surface area contributed by atoms with E-state index in [1.807, 2.05) is 32.3 Å². The Bertz CT molecular complexity index is 593. The van der Waals surface area contributed by atoms with Crippen molar-refractivity contribution in [3.05, 3.63) is 11.6 Å². The van der Waals surface area contributed by atoms with Crippen molar-refractivity contribution < 1.29 is 9.53 Å². The number of amides is 1. The Hall–Kier alpha value is -0.750. The van der Waals surface area contributed by atoms with Crippen LogP contribution in [0.1, 0.15) is 33.6 Å². The molecule has 0 aromatic carbocycles. The van der Waals surface area contributed by atoms with Crippen LogP contribution in [0.25, 0.3) is 0 Å². The van der Waals surface area contributed by atoms with Crippen molar-refractivity contribution in [2.24, 2.45) is 4.99 Å². The van der Waals surface area contributed by atoms with Gasteiger partial charge in [0.05, 0.1) is 6.04 Å². The molecule has 1 amide bonds. The molecule has 1 aromatic heterocycles. The van der Waals surface area contributed by atoms with E-state index in [0.29, 0.717) is 0 Å². The highest BCUT2D eigenvalue weighted by molar-refractivity contribution is 14.0. The monoisotopic (exact) mass is 527 g/mol. The summed E-state index contributed by atoms with van der Waals surface area (Å²) >= 11 is 3.46. The summed E-state index contributed by atoms with van der Waals surface area (Å²) in [6, 6.07) is 0.0869. The number of alkyl carbamates (subject to hydrolysis) is 1. The number of halogens is 1. The van der Waals surface area contributed by atoms with Crippen molar-refractivity contribution in [1.29, 1.82) is 0 Å². The van der Waals surface area contributed by atoms with Gasteiger partial charge in [0, 0.05) is 44.0 Å². The number of guanidine groups is 1. The van der Waals surface area contributed by atoms with Crippen molar-refractivity contribution in [3.63, 3.8) is 0 Å². The van der Waals surface area contributed by atoms with Gasteiger partial charge >= 0.3 is 6.09 Å². The highest BCUT2D eigenvalue weighted by Crippen LogP contribution is 2.20. The average molecular weight is 527 g/mol. The lowest BCUT2D eigenvalue weighted by Gasteiger charge is -2.23. The van der Waals surface area contributed by atoms with Gasteiger partial charge in [-0.25, -0.2) is 9.78 Å². The van der Waals surface area contributed by atoms with E-state index >= 15 is 0 Å². The molecule has 7 nitrogen and oxygen atoms in total. The second-order valence-electron chi connectivity index (χ2n) is 7.05. The smallest absolute Gasteiger partial charge is 0.407 e. The van der Waals surface area contributed by atoms with Gasteiger partial charge in [-0.1, -0.05) is 11.8 Å². The number of thioether (sulfide) groups is 1. The molecule has 27 heavy (non-hydrogen) atoms. The van der Waals surface area contributed by atoms with Crippen LogP contribution in [-0.4, -0.2) is 66.0 Å². The van der Waals surface area contributed by atoms with Crippen molar-refractivity contribution in [3.8, 4) is 0 Å². The van der Waals surface area contributed by atoms with Crippen LogP contribution in [0.4, 0.5) is 4.79 Å². The molecule has 0 saturated carbocycles. The van der Waals surface area contributed by atoms with E-state index in [1.54, 1.807) is 30.1 Å². The Morgan fingerprint density at radius 3 is 2.93 bits per heavy atom. The van der Waals surface area contributed by atoms with Crippen LogP contribution in [0.5, 0.6) is 0 Å². The normalized spacial score (nSPS) is 17.4. The number of rotatable bonds is 6. The number of hydrogen-bond donors (Lipinski definition) is 2. The predicted octanol–water partition coefficient (Wildman–Crippen LogP) is 3.42. The van der Waals surface area contributed by atoms with Crippen LogP contribution in [0.3, 0.4) is 0 Å². The SMILES string of the molecule is CN=C(NCCCSc1nccs1)N1CCC(NC(=O)OC(C)(C)C)C1.I. The van der Waals surface area contributed by atoms with Crippen LogP contribution < -0.4 is 10.6 Å². The van der Waals surface area contributed by atoms with Crippen LogP contribution in [0.2, 0.25) is 0 Å². The first kappa shape index (κ1) is 24.3. The summed E-state index contributed by atoms with van der Waals surface area (Å²) in [4.78, 5) is 22.7. The molecule has 10 heteroatoms. The van der Waals surface area contributed by atoms with E-state index in [0.717, 1.165) is 48.5 Å². The van der Waals surface area contributed by atoms with Gasteiger partial charge in [0.15, 0.2) is 5.96 Å². The fourth-order valence-electron chi connectivity index (χ4n) is 2.59. The topological polar surface area (TPSA) is 78.9 Å². The minimum atomic E-state index is -0.476. The van der Waals surface area contributed by atoms with Crippen molar-refractivity contribution in [2.75, 3.05) is 32.4 Å². The number of hydrogen-bond acceptors (Lipinski definition) is 6. The Labute approximate surface area is 187 Å². The fraction of sp³-hybridized carbons (Fsp3) is 0.706. The quantitative estimate of drug-likeness (QED) is 0.194. The van der Waals surface area contributed by atoms with Gasteiger partial charge in [-0.2, -0.15) is 0 Å². The number of aromatic nitrogens is 1. The van der Waals surface area contributed by atoms with Crippen molar-refractivity contribution >= 4 is 59.1 Å². The number of ether oxygens (including phenoxy) is 1. The molecule has 1 atom stereocenters. The molecule has 154 valence electrons. The summed E-state index contributed by atoms with van der Waals surface area (Å²) in [5.41, 5.74) is -0.476. The molecule has 0 spiro atoms. The van der Waals surface area contributed by atoms with Crippen LogP contribution in [0.15, 0.2) is 20.9 Å². The van der Waals surface area contributed by atoms with E-state index < -0.39 is 5.60 Å². The number of carbonyl (C=O) groups is 1. The van der Waals surface area contributed by atoms with Crippen LogP contribution >= 0.6 is 47.1 Å². The minimum absolute atomic E-state index is 0. The maximum atomic E-state index is 11.9. The maximum Gasteiger partial charge on any atom is 0.407 e. The summed E-state index contributed by atoms with van der Waals surface area (Å²) in [5.74, 6) is 1.91. The van der Waals surface area contributed by atoms with Crippen LogP contribution in [0, 0.1) is 0 Å². The number of carbonyl (C=O) groups excluding carboxylic acids is 1. The number of nitrogens with zero attached hydrogens (tertiary/aromatic N) is 3. The molecule has 2 heterocycles. The lowest BCUT2D eigenvalue weighted by atomic mass is 10.2. The Kier molecular flexibility index (Phi) is 10.7. The summed E-state index contributed by atoms with van der Waals surface area (Å²) < 4.78 is 6.44. The zero-order chi connectivity index (χ0) is 19.0. The molecule has 1 saturated heterocycles. The van der Waals surface area contributed by atoms with Crippen molar-refractivity contribution in [2.45, 2.75) is 49.6 Å². The Morgan fingerprint density at radius 2 is 2.30 bits per heavy atom. The number of thiazole rings is 1. The van der Waals surface area contributed by atoms with Gasteiger partial charge in [-0.3, -0.25) is 4.99 Å². The lowest BCUT2D eigenvalue weighted by Crippen LogP contribution is -2.44. The average Bonchev–Trinajstić information content (AvgIpc) is 3.21. The highest BCUT2D eigenvalue weighted by Gasteiger charge is 2.27. The molecule has 0 bridgehead atoms. The van der Waals surface area contributed by atoms with E-state index in [1.165, 1.54) is 0 Å². The zero-order valence-electron chi connectivity index (χ0n) is 16.4. The van der Waals surface area contributed by atoms with E-state index in [2.05, 4.69) is 25.5 Å². The standard InChI is InChI=1S/C17H29N5O2S2.HI/c1-17(2,3)24-15(23)21-13-6-9-22(12-13)14(18-4)19-7-5-10-25-16-20-8-11-26-16;/h8,11,13H,5-7,9-10,12H2,1-4H3,(H,18,19)(H,21,23);1H. The van der Waals surface area contributed by atoms with E-state index in [4.69, 9.17) is 4.74 Å². The minimum Gasteiger partial charge on any atom is -0.444 e. The Balaban J connectivity index is 0.00000364.